The van der Waals surface area contributed by atoms with Crippen LogP contribution >= 0.6 is 0 Å². The quantitative estimate of drug-likeness (QED) is 0.438. The zero-order valence-electron chi connectivity index (χ0n) is 11.7. The van der Waals surface area contributed by atoms with E-state index >= 15 is 0 Å². The van der Waals surface area contributed by atoms with Crippen LogP contribution in [0.3, 0.4) is 0 Å². The van der Waals surface area contributed by atoms with Crippen LogP contribution in [0.4, 0.5) is 0 Å². The highest BCUT2D eigenvalue weighted by Gasteiger charge is 2.03. The van der Waals surface area contributed by atoms with Crippen LogP contribution in [0.2, 0.25) is 0 Å². The van der Waals surface area contributed by atoms with Gasteiger partial charge in [0.2, 0.25) is 0 Å². The summed E-state index contributed by atoms with van der Waals surface area (Å²) >= 11 is 0. The molecule has 0 radical (unpaired) electrons. The smallest absolute Gasteiger partial charge is 0.335 e. The predicted octanol–water partition coefficient (Wildman–Crippen LogP) is -0.306. The minimum absolute atomic E-state index is 0.311. The minimum atomic E-state index is -0.899. The number of nitrogens with two attached hydrogens (primary N) is 2. The third kappa shape index (κ3) is 6.12. The fourth-order valence-corrected chi connectivity index (χ4v) is 1.94. The summed E-state index contributed by atoms with van der Waals surface area (Å²) in [6.07, 6.45) is 0. The Morgan fingerprint density at radius 1 is 1.10 bits per heavy atom. The number of rotatable bonds is 10. The lowest BCUT2D eigenvalue weighted by Crippen LogP contribution is -2.38. The Kier molecular flexibility index (Phi) is 7.82. The van der Waals surface area contributed by atoms with Crippen molar-refractivity contribution in [3.8, 4) is 0 Å². The van der Waals surface area contributed by atoms with Gasteiger partial charge in [-0.2, -0.15) is 0 Å². The molecule has 6 nitrogen and oxygen atoms in total. The minimum Gasteiger partial charge on any atom is -0.478 e. The molecule has 0 saturated heterocycles. The third-order valence-electron chi connectivity index (χ3n) is 3.03. The van der Waals surface area contributed by atoms with Crippen LogP contribution in [0, 0.1) is 0 Å². The van der Waals surface area contributed by atoms with Crippen LogP contribution < -0.4 is 16.8 Å². The summed E-state index contributed by atoms with van der Waals surface area (Å²) in [6, 6.07) is 6.89. The van der Waals surface area contributed by atoms with Gasteiger partial charge in [0, 0.05) is 45.8 Å². The molecule has 0 aliphatic heterocycles. The van der Waals surface area contributed by atoms with Crippen molar-refractivity contribution in [2.75, 3.05) is 39.3 Å². The molecule has 0 aromatic heterocycles. The van der Waals surface area contributed by atoms with E-state index in [1.807, 2.05) is 12.1 Å². The molecule has 0 amide bonds. The maximum absolute atomic E-state index is 10.7. The van der Waals surface area contributed by atoms with Crippen molar-refractivity contribution in [1.82, 2.24) is 10.2 Å². The first-order chi connectivity index (χ1) is 9.67. The second kappa shape index (κ2) is 9.44. The van der Waals surface area contributed by atoms with E-state index in [4.69, 9.17) is 16.6 Å². The summed E-state index contributed by atoms with van der Waals surface area (Å²) in [5, 5.41) is 12.1. The van der Waals surface area contributed by atoms with Crippen molar-refractivity contribution in [1.29, 1.82) is 0 Å². The van der Waals surface area contributed by atoms with E-state index in [-0.39, 0.29) is 0 Å². The van der Waals surface area contributed by atoms with Crippen LogP contribution in [-0.4, -0.2) is 55.2 Å². The first-order valence-corrected chi connectivity index (χ1v) is 6.82. The van der Waals surface area contributed by atoms with Gasteiger partial charge < -0.3 is 21.9 Å². The molecule has 20 heavy (non-hydrogen) atoms. The van der Waals surface area contributed by atoms with Crippen molar-refractivity contribution in [2.45, 2.75) is 6.54 Å². The van der Waals surface area contributed by atoms with E-state index in [9.17, 15) is 4.79 Å². The van der Waals surface area contributed by atoms with Crippen LogP contribution in [0.15, 0.2) is 24.3 Å². The van der Waals surface area contributed by atoms with Crippen LogP contribution in [0.1, 0.15) is 15.9 Å². The molecule has 1 aromatic carbocycles. The Labute approximate surface area is 119 Å². The summed E-state index contributed by atoms with van der Waals surface area (Å²) in [5.74, 6) is -0.899. The summed E-state index contributed by atoms with van der Waals surface area (Å²) in [4.78, 5) is 13.0. The van der Waals surface area contributed by atoms with Gasteiger partial charge in [-0.15, -0.1) is 0 Å². The van der Waals surface area contributed by atoms with Gasteiger partial charge in [-0.05, 0) is 17.7 Å². The topological polar surface area (TPSA) is 105 Å². The van der Waals surface area contributed by atoms with Gasteiger partial charge in [0.1, 0.15) is 0 Å². The molecule has 0 fully saturated rings. The summed E-state index contributed by atoms with van der Waals surface area (Å²) in [5.41, 5.74) is 12.5. The molecule has 0 heterocycles. The van der Waals surface area contributed by atoms with Crippen molar-refractivity contribution in [3.63, 3.8) is 0 Å². The van der Waals surface area contributed by atoms with Crippen LogP contribution in [-0.2, 0) is 6.54 Å². The normalized spacial score (nSPS) is 10.9. The molecule has 112 valence electrons. The first kappa shape index (κ1) is 16.6. The SMILES string of the molecule is NCCN(CCN)CCNCc1ccc(C(=O)O)cc1. The molecule has 0 unspecified atom stereocenters. The van der Waals surface area contributed by atoms with Crippen molar-refractivity contribution >= 4 is 5.97 Å². The number of carbonyl (C=O) groups is 1. The standard InChI is InChI=1S/C14H24N4O2/c15-5-8-18(9-6-16)10-7-17-11-12-1-3-13(4-2-12)14(19)20/h1-4,17H,5-11,15-16H2,(H,19,20). The Hall–Kier alpha value is -1.47. The van der Waals surface area contributed by atoms with E-state index in [1.165, 1.54) is 0 Å². The lowest BCUT2D eigenvalue weighted by Gasteiger charge is -2.20. The Morgan fingerprint density at radius 3 is 2.20 bits per heavy atom. The average molecular weight is 280 g/mol. The molecule has 1 rings (SSSR count). The van der Waals surface area contributed by atoms with Crippen molar-refractivity contribution in [3.05, 3.63) is 35.4 Å². The Morgan fingerprint density at radius 2 is 1.70 bits per heavy atom. The summed E-state index contributed by atoms with van der Waals surface area (Å²) < 4.78 is 0. The molecule has 0 aliphatic carbocycles. The zero-order valence-corrected chi connectivity index (χ0v) is 11.7. The Balaban J connectivity index is 2.27. The fraction of sp³-hybridized carbons (Fsp3) is 0.500. The molecule has 6 N–H and O–H groups in total. The van der Waals surface area contributed by atoms with E-state index in [0.29, 0.717) is 18.7 Å². The molecule has 0 bridgehead atoms. The number of nitrogens with one attached hydrogen (secondary N) is 1. The number of aromatic carboxylic acids is 1. The zero-order chi connectivity index (χ0) is 14.8. The second-order valence-electron chi connectivity index (χ2n) is 4.60. The van der Waals surface area contributed by atoms with E-state index in [2.05, 4.69) is 10.2 Å². The van der Waals surface area contributed by atoms with Gasteiger partial charge in [0.15, 0.2) is 0 Å². The number of carboxylic acids is 1. The molecule has 0 saturated carbocycles. The monoisotopic (exact) mass is 280 g/mol. The highest BCUT2D eigenvalue weighted by Crippen LogP contribution is 2.04. The maximum atomic E-state index is 10.7. The molecule has 0 spiro atoms. The number of nitrogens with zero attached hydrogens (tertiary/aromatic N) is 1. The van der Waals surface area contributed by atoms with Gasteiger partial charge in [-0.1, -0.05) is 12.1 Å². The maximum Gasteiger partial charge on any atom is 0.335 e. The third-order valence-corrected chi connectivity index (χ3v) is 3.03. The number of hydrogen-bond donors (Lipinski definition) is 4. The number of hydrogen-bond acceptors (Lipinski definition) is 5. The molecular formula is C14H24N4O2. The first-order valence-electron chi connectivity index (χ1n) is 6.82. The van der Waals surface area contributed by atoms with E-state index in [0.717, 1.165) is 38.3 Å². The predicted molar refractivity (Wildman–Crippen MR) is 79.7 cm³/mol. The highest BCUT2D eigenvalue weighted by atomic mass is 16.4. The molecule has 6 heteroatoms. The van der Waals surface area contributed by atoms with Crippen molar-refractivity contribution < 1.29 is 9.90 Å². The average Bonchev–Trinajstić information content (AvgIpc) is 2.44. The molecule has 0 atom stereocenters. The van der Waals surface area contributed by atoms with Gasteiger partial charge in [0.25, 0.3) is 0 Å². The van der Waals surface area contributed by atoms with Crippen LogP contribution in [0.25, 0.3) is 0 Å². The molecule has 1 aromatic rings. The highest BCUT2D eigenvalue weighted by molar-refractivity contribution is 5.87. The fourth-order valence-electron chi connectivity index (χ4n) is 1.94. The number of carboxylic acid groups (broad SMARTS) is 1. The van der Waals surface area contributed by atoms with Crippen LogP contribution in [0.5, 0.6) is 0 Å². The van der Waals surface area contributed by atoms with Gasteiger partial charge >= 0.3 is 5.97 Å². The van der Waals surface area contributed by atoms with Gasteiger partial charge in [-0.3, -0.25) is 4.90 Å². The lowest BCUT2D eigenvalue weighted by atomic mass is 10.1. The second-order valence-corrected chi connectivity index (χ2v) is 4.60. The lowest BCUT2D eigenvalue weighted by molar-refractivity contribution is 0.0697. The molecular weight excluding hydrogens is 256 g/mol. The largest absolute Gasteiger partial charge is 0.478 e. The number of benzene rings is 1. The van der Waals surface area contributed by atoms with E-state index in [1.54, 1.807) is 12.1 Å². The van der Waals surface area contributed by atoms with Crippen molar-refractivity contribution in [2.24, 2.45) is 11.5 Å². The summed E-state index contributed by atoms with van der Waals surface area (Å²) in [6.45, 7) is 5.45. The Bertz CT molecular complexity index is 389. The summed E-state index contributed by atoms with van der Waals surface area (Å²) in [7, 11) is 0. The van der Waals surface area contributed by atoms with Gasteiger partial charge in [0.05, 0.1) is 5.56 Å². The molecule has 0 aliphatic rings. The van der Waals surface area contributed by atoms with Gasteiger partial charge in [-0.25, -0.2) is 4.79 Å². The van der Waals surface area contributed by atoms with E-state index < -0.39 is 5.97 Å².